The van der Waals surface area contributed by atoms with E-state index in [9.17, 15) is 14.4 Å². The molecule has 0 spiro atoms. The van der Waals surface area contributed by atoms with Crippen LogP contribution in [-0.2, 0) is 6.54 Å². The van der Waals surface area contributed by atoms with Crippen molar-refractivity contribution in [2.24, 2.45) is 0 Å². The van der Waals surface area contributed by atoms with E-state index < -0.39 is 17.1 Å². The molecule has 0 aliphatic rings. The molecule has 0 radical (unpaired) electrons. The Bertz CT molecular complexity index is 394. The van der Waals surface area contributed by atoms with Crippen molar-refractivity contribution in [3.8, 4) is 0 Å². The quantitative estimate of drug-likeness (QED) is 0.477. The molecule has 1 rings (SSSR count). The van der Waals surface area contributed by atoms with Crippen molar-refractivity contribution >= 4 is 12.6 Å². The van der Waals surface area contributed by atoms with Crippen molar-refractivity contribution in [2.75, 3.05) is 5.75 Å². The van der Waals surface area contributed by atoms with Gasteiger partial charge in [-0.25, -0.2) is 19.0 Å². The summed E-state index contributed by atoms with van der Waals surface area (Å²) in [6, 6.07) is 0. The first-order chi connectivity index (χ1) is 5.65. The fourth-order valence-electron chi connectivity index (χ4n) is 0.756. The minimum absolute atomic E-state index is 0.175. The molecule has 66 valence electrons. The van der Waals surface area contributed by atoms with Crippen molar-refractivity contribution in [3.63, 3.8) is 0 Å². The summed E-state index contributed by atoms with van der Waals surface area (Å²) in [5.41, 5.74) is -2.21. The van der Waals surface area contributed by atoms with Crippen molar-refractivity contribution < 1.29 is 0 Å². The molecule has 7 heteroatoms. The topological polar surface area (TPSA) is 87.7 Å². The highest BCUT2D eigenvalue weighted by Gasteiger charge is 1.99. The third-order valence-electron chi connectivity index (χ3n) is 1.25. The van der Waals surface area contributed by atoms with Crippen LogP contribution in [0.5, 0.6) is 0 Å². The number of H-pyrrole nitrogens is 2. The monoisotopic (exact) mass is 189 g/mol. The summed E-state index contributed by atoms with van der Waals surface area (Å²) >= 11 is 3.85. The Morgan fingerprint density at radius 3 is 2.08 bits per heavy atom. The van der Waals surface area contributed by atoms with E-state index in [4.69, 9.17) is 0 Å². The Morgan fingerprint density at radius 2 is 1.67 bits per heavy atom. The molecular formula is C5H7N3O3S. The van der Waals surface area contributed by atoms with Gasteiger partial charge in [-0.3, -0.25) is 9.97 Å². The van der Waals surface area contributed by atoms with Gasteiger partial charge in [-0.1, -0.05) is 0 Å². The van der Waals surface area contributed by atoms with Gasteiger partial charge >= 0.3 is 17.1 Å². The van der Waals surface area contributed by atoms with Crippen molar-refractivity contribution in [3.05, 3.63) is 31.5 Å². The molecule has 0 aliphatic carbocycles. The smallest absolute Gasteiger partial charge is 0.259 e. The Balaban J connectivity index is 3.39. The molecule has 0 amide bonds. The SMILES string of the molecule is O=c1[nH]c(=O)n(CCS)c(=O)[nH]1. The van der Waals surface area contributed by atoms with Gasteiger partial charge in [0.25, 0.3) is 0 Å². The maximum Gasteiger partial charge on any atom is 0.333 e. The number of nitrogens with one attached hydrogen (secondary N) is 2. The molecule has 0 saturated heterocycles. The highest BCUT2D eigenvalue weighted by atomic mass is 32.1. The van der Waals surface area contributed by atoms with Gasteiger partial charge < -0.3 is 0 Å². The van der Waals surface area contributed by atoms with E-state index in [1.807, 2.05) is 9.97 Å². The van der Waals surface area contributed by atoms with E-state index in [1.54, 1.807) is 0 Å². The molecule has 6 nitrogen and oxygen atoms in total. The Kier molecular flexibility index (Phi) is 2.54. The lowest BCUT2D eigenvalue weighted by atomic mass is 10.7. The summed E-state index contributed by atoms with van der Waals surface area (Å²) in [6.45, 7) is 0.175. The minimum Gasteiger partial charge on any atom is -0.259 e. The second kappa shape index (κ2) is 3.44. The number of hydrogen-bond donors (Lipinski definition) is 3. The number of nitrogens with zero attached hydrogens (tertiary/aromatic N) is 1. The molecule has 1 heterocycles. The van der Waals surface area contributed by atoms with Crippen LogP contribution in [0.25, 0.3) is 0 Å². The first kappa shape index (κ1) is 8.85. The first-order valence-corrected chi connectivity index (χ1v) is 3.82. The number of aromatic nitrogens is 3. The van der Waals surface area contributed by atoms with E-state index in [1.165, 1.54) is 0 Å². The van der Waals surface area contributed by atoms with Crippen LogP contribution < -0.4 is 17.1 Å². The summed E-state index contributed by atoms with van der Waals surface area (Å²) < 4.78 is 0.869. The van der Waals surface area contributed by atoms with Crippen LogP contribution in [0.1, 0.15) is 0 Å². The van der Waals surface area contributed by atoms with Crippen LogP contribution in [0.15, 0.2) is 14.4 Å². The normalized spacial score (nSPS) is 10.1. The third kappa shape index (κ3) is 1.67. The summed E-state index contributed by atoms with van der Waals surface area (Å²) in [5.74, 6) is 0.356. The van der Waals surface area contributed by atoms with Crippen LogP contribution in [0.4, 0.5) is 0 Å². The molecule has 1 aromatic rings. The number of aromatic amines is 2. The number of thiol groups is 1. The van der Waals surface area contributed by atoms with Crippen LogP contribution >= 0.6 is 12.6 Å². The summed E-state index contributed by atoms with van der Waals surface area (Å²) in [4.78, 5) is 36.2. The molecule has 0 bridgehead atoms. The molecule has 1 aromatic heterocycles. The van der Waals surface area contributed by atoms with Crippen LogP contribution in [0.2, 0.25) is 0 Å². The molecule has 0 saturated carbocycles. The summed E-state index contributed by atoms with van der Waals surface area (Å²) in [5, 5.41) is 0. The maximum atomic E-state index is 10.9. The van der Waals surface area contributed by atoms with Crippen molar-refractivity contribution in [1.82, 2.24) is 14.5 Å². The van der Waals surface area contributed by atoms with Gasteiger partial charge in [0.05, 0.1) is 0 Å². The maximum absolute atomic E-state index is 10.9. The zero-order valence-corrected chi connectivity index (χ0v) is 6.93. The van der Waals surface area contributed by atoms with Crippen LogP contribution in [-0.4, -0.2) is 20.3 Å². The highest BCUT2D eigenvalue weighted by Crippen LogP contribution is 1.73. The molecule has 0 aliphatic heterocycles. The van der Waals surface area contributed by atoms with E-state index in [0.717, 1.165) is 4.57 Å². The fraction of sp³-hybridized carbons (Fsp3) is 0.400. The van der Waals surface area contributed by atoms with Crippen LogP contribution in [0, 0.1) is 0 Å². The lowest BCUT2D eigenvalue weighted by Crippen LogP contribution is -2.43. The molecule has 0 fully saturated rings. The van der Waals surface area contributed by atoms with Gasteiger partial charge in [0, 0.05) is 12.3 Å². The molecule has 0 unspecified atom stereocenters. The first-order valence-electron chi connectivity index (χ1n) is 3.19. The number of hydrogen-bond acceptors (Lipinski definition) is 4. The van der Waals surface area contributed by atoms with Gasteiger partial charge in [-0.2, -0.15) is 12.6 Å². The Labute approximate surface area is 71.7 Å². The fourth-order valence-corrected chi connectivity index (χ4v) is 0.956. The van der Waals surface area contributed by atoms with E-state index in [2.05, 4.69) is 12.6 Å². The molecule has 2 N–H and O–H groups in total. The predicted octanol–water partition coefficient (Wildman–Crippen LogP) is -1.85. The predicted molar refractivity (Wildman–Crippen MR) is 45.8 cm³/mol. The summed E-state index contributed by atoms with van der Waals surface area (Å²) in [6.07, 6.45) is 0. The standard InChI is InChI=1S/C5H7N3O3S/c9-3-6-4(10)8(1-2-12)5(11)7-3/h12H,1-2H2,(H2,6,7,9,10,11). The third-order valence-corrected chi connectivity index (χ3v) is 1.45. The Morgan fingerprint density at radius 1 is 1.17 bits per heavy atom. The van der Waals surface area contributed by atoms with Gasteiger partial charge in [-0.15, -0.1) is 0 Å². The molecule has 0 atom stereocenters. The lowest BCUT2D eigenvalue weighted by molar-refractivity contribution is 0.638. The second-order valence-corrected chi connectivity index (χ2v) is 2.51. The van der Waals surface area contributed by atoms with Gasteiger partial charge in [-0.05, 0) is 0 Å². The van der Waals surface area contributed by atoms with Gasteiger partial charge in [0.1, 0.15) is 0 Å². The van der Waals surface area contributed by atoms with Crippen molar-refractivity contribution in [1.29, 1.82) is 0 Å². The second-order valence-electron chi connectivity index (χ2n) is 2.06. The highest BCUT2D eigenvalue weighted by molar-refractivity contribution is 7.80. The van der Waals surface area contributed by atoms with Gasteiger partial charge in [0.2, 0.25) is 0 Å². The van der Waals surface area contributed by atoms with Crippen molar-refractivity contribution in [2.45, 2.75) is 6.54 Å². The molecule has 12 heavy (non-hydrogen) atoms. The lowest BCUT2D eigenvalue weighted by Gasteiger charge is -1.97. The largest absolute Gasteiger partial charge is 0.333 e. The van der Waals surface area contributed by atoms with E-state index in [0.29, 0.717) is 5.75 Å². The van der Waals surface area contributed by atoms with E-state index in [-0.39, 0.29) is 6.54 Å². The summed E-state index contributed by atoms with van der Waals surface area (Å²) in [7, 11) is 0. The zero-order valence-electron chi connectivity index (χ0n) is 6.03. The Hall–Kier alpha value is -1.24. The zero-order chi connectivity index (χ0) is 9.14. The average Bonchev–Trinajstić information content (AvgIpc) is 1.96. The minimum atomic E-state index is -0.791. The van der Waals surface area contributed by atoms with Gasteiger partial charge in [0.15, 0.2) is 0 Å². The number of rotatable bonds is 2. The van der Waals surface area contributed by atoms with E-state index >= 15 is 0 Å². The molecular weight excluding hydrogens is 182 g/mol. The average molecular weight is 189 g/mol. The van der Waals surface area contributed by atoms with Crippen LogP contribution in [0.3, 0.4) is 0 Å². The molecule has 0 aromatic carbocycles.